The first kappa shape index (κ1) is 13.7. The third-order valence-electron chi connectivity index (χ3n) is 3.31. The molecular weight excluding hydrogens is 332 g/mol. The van der Waals surface area contributed by atoms with Crippen LogP contribution in [0.5, 0.6) is 0 Å². The molecule has 102 valence electrons. The highest BCUT2D eigenvalue weighted by Gasteiger charge is 2.18. The SMILES string of the molecule is CNC(c1ccc(C)s1)c1nc2ccccc2cc1Br. The van der Waals surface area contributed by atoms with Crippen LogP contribution in [0.2, 0.25) is 0 Å². The number of halogens is 1. The molecule has 3 rings (SSSR count). The second-order valence-electron chi connectivity index (χ2n) is 4.72. The number of nitrogens with zero attached hydrogens (tertiary/aromatic N) is 1. The van der Waals surface area contributed by atoms with E-state index in [0.717, 1.165) is 21.1 Å². The van der Waals surface area contributed by atoms with E-state index in [9.17, 15) is 0 Å². The summed E-state index contributed by atoms with van der Waals surface area (Å²) in [6.45, 7) is 2.13. The highest BCUT2D eigenvalue weighted by atomic mass is 79.9. The van der Waals surface area contributed by atoms with Gasteiger partial charge >= 0.3 is 0 Å². The van der Waals surface area contributed by atoms with Crippen LogP contribution in [0.15, 0.2) is 46.9 Å². The van der Waals surface area contributed by atoms with E-state index in [1.54, 1.807) is 11.3 Å². The molecule has 1 N–H and O–H groups in total. The molecule has 0 spiro atoms. The van der Waals surface area contributed by atoms with E-state index in [4.69, 9.17) is 4.98 Å². The lowest BCUT2D eigenvalue weighted by Gasteiger charge is -2.16. The molecule has 2 nitrogen and oxygen atoms in total. The van der Waals surface area contributed by atoms with Gasteiger partial charge in [0.2, 0.25) is 0 Å². The van der Waals surface area contributed by atoms with Crippen molar-refractivity contribution >= 4 is 38.2 Å². The zero-order valence-electron chi connectivity index (χ0n) is 11.4. The van der Waals surface area contributed by atoms with E-state index in [2.05, 4.69) is 58.5 Å². The molecule has 4 heteroatoms. The van der Waals surface area contributed by atoms with Crippen molar-refractivity contribution in [1.82, 2.24) is 10.3 Å². The highest BCUT2D eigenvalue weighted by molar-refractivity contribution is 9.10. The second kappa shape index (κ2) is 5.64. The van der Waals surface area contributed by atoms with Crippen LogP contribution >= 0.6 is 27.3 Å². The predicted molar refractivity (Wildman–Crippen MR) is 89.4 cm³/mol. The number of hydrogen-bond acceptors (Lipinski definition) is 3. The average Bonchev–Trinajstić information content (AvgIpc) is 2.86. The number of nitrogens with one attached hydrogen (secondary N) is 1. The number of aryl methyl sites for hydroxylation is 1. The normalized spacial score (nSPS) is 12.8. The highest BCUT2D eigenvalue weighted by Crippen LogP contribution is 2.32. The zero-order valence-corrected chi connectivity index (χ0v) is 13.8. The van der Waals surface area contributed by atoms with Gasteiger partial charge in [0, 0.05) is 19.6 Å². The van der Waals surface area contributed by atoms with E-state index < -0.39 is 0 Å². The van der Waals surface area contributed by atoms with Gasteiger partial charge in [-0.1, -0.05) is 18.2 Å². The number of thiophene rings is 1. The van der Waals surface area contributed by atoms with Crippen molar-refractivity contribution < 1.29 is 0 Å². The van der Waals surface area contributed by atoms with E-state index in [-0.39, 0.29) is 6.04 Å². The fourth-order valence-corrected chi connectivity index (χ4v) is 3.89. The quantitative estimate of drug-likeness (QED) is 0.744. The largest absolute Gasteiger partial charge is 0.307 e. The second-order valence-corrected chi connectivity index (χ2v) is 6.89. The van der Waals surface area contributed by atoms with Gasteiger partial charge in [-0.05, 0) is 54.2 Å². The van der Waals surface area contributed by atoms with Crippen molar-refractivity contribution in [2.24, 2.45) is 0 Å². The number of rotatable bonds is 3. The van der Waals surface area contributed by atoms with Gasteiger partial charge in [0.15, 0.2) is 0 Å². The molecule has 0 fully saturated rings. The molecule has 0 amide bonds. The van der Waals surface area contributed by atoms with Crippen molar-refractivity contribution in [2.75, 3.05) is 7.05 Å². The number of benzene rings is 1. The summed E-state index contributed by atoms with van der Waals surface area (Å²) < 4.78 is 1.04. The van der Waals surface area contributed by atoms with Crippen LogP contribution in [0.1, 0.15) is 21.5 Å². The van der Waals surface area contributed by atoms with Gasteiger partial charge in [0.05, 0.1) is 17.3 Å². The van der Waals surface area contributed by atoms with Gasteiger partial charge in [-0.25, -0.2) is 4.98 Å². The van der Waals surface area contributed by atoms with Gasteiger partial charge < -0.3 is 5.32 Å². The van der Waals surface area contributed by atoms with E-state index in [0.29, 0.717) is 0 Å². The number of para-hydroxylation sites is 1. The summed E-state index contributed by atoms with van der Waals surface area (Å²) in [5.41, 5.74) is 2.06. The summed E-state index contributed by atoms with van der Waals surface area (Å²) in [4.78, 5) is 7.43. The van der Waals surface area contributed by atoms with Crippen LogP contribution < -0.4 is 5.32 Å². The monoisotopic (exact) mass is 346 g/mol. The summed E-state index contributed by atoms with van der Waals surface area (Å²) in [5.74, 6) is 0. The first-order valence-corrected chi connectivity index (χ1v) is 8.09. The molecule has 1 unspecified atom stereocenters. The Balaban J connectivity index is 2.14. The van der Waals surface area contributed by atoms with Crippen LogP contribution in [0.25, 0.3) is 10.9 Å². The van der Waals surface area contributed by atoms with Gasteiger partial charge in [0.25, 0.3) is 0 Å². The minimum Gasteiger partial charge on any atom is -0.307 e. The smallest absolute Gasteiger partial charge is 0.0854 e. The Hall–Kier alpha value is -1.23. The molecule has 2 heterocycles. The van der Waals surface area contributed by atoms with Gasteiger partial charge in [-0.2, -0.15) is 0 Å². The maximum Gasteiger partial charge on any atom is 0.0854 e. The molecule has 0 saturated carbocycles. The lowest BCUT2D eigenvalue weighted by Crippen LogP contribution is -2.18. The topological polar surface area (TPSA) is 24.9 Å². The van der Waals surface area contributed by atoms with Crippen LogP contribution in [-0.4, -0.2) is 12.0 Å². The van der Waals surface area contributed by atoms with Crippen LogP contribution in [0.4, 0.5) is 0 Å². The molecular formula is C16H15BrN2S. The Morgan fingerprint density at radius 1 is 1.20 bits per heavy atom. The Morgan fingerprint density at radius 2 is 2.00 bits per heavy atom. The minimum absolute atomic E-state index is 0.118. The van der Waals surface area contributed by atoms with Crippen LogP contribution in [-0.2, 0) is 0 Å². The van der Waals surface area contributed by atoms with Gasteiger partial charge in [-0.15, -0.1) is 11.3 Å². The molecule has 1 aromatic carbocycles. The Labute approximate surface area is 131 Å². The van der Waals surface area contributed by atoms with Gasteiger partial charge in [-0.3, -0.25) is 0 Å². The van der Waals surface area contributed by atoms with Crippen molar-refractivity contribution in [1.29, 1.82) is 0 Å². The molecule has 2 aromatic heterocycles. The minimum atomic E-state index is 0.118. The van der Waals surface area contributed by atoms with Crippen LogP contribution in [0, 0.1) is 6.92 Å². The molecule has 0 saturated heterocycles. The van der Waals surface area contributed by atoms with Crippen molar-refractivity contribution in [2.45, 2.75) is 13.0 Å². The van der Waals surface area contributed by atoms with E-state index in [1.165, 1.54) is 9.75 Å². The van der Waals surface area contributed by atoms with Crippen LogP contribution in [0.3, 0.4) is 0 Å². The molecule has 1 atom stereocenters. The predicted octanol–water partition coefficient (Wildman–Crippen LogP) is 4.68. The fourth-order valence-electron chi connectivity index (χ4n) is 2.33. The van der Waals surface area contributed by atoms with E-state index >= 15 is 0 Å². The lowest BCUT2D eigenvalue weighted by molar-refractivity contribution is 0.682. The summed E-state index contributed by atoms with van der Waals surface area (Å²) in [5, 5.41) is 4.52. The van der Waals surface area contributed by atoms with Crippen molar-refractivity contribution in [3.63, 3.8) is 0 Å². The number of aromatic nitrogens is 1. The van der Waals surface area contributed by atoms with Crippen molar-refractivity contribution in [3.8, 4) is 0 Å². The Kier molecular flexibility index (Phi) is 3.87. The Bertz CT molecular complexity index is 751. The third-order valence-corrected chi connectivity index (χ3v) is 5.01. The maximum absolute atomic E-state index is 4.83. The molecule has 0 aliphatic carbocycles. The zero-order chi connectivity index (χ0) is 14.1. The van der Waals surface area contributed by atoms with Gasteiger partial charge in [0.1, 0.15) is 0 Å². The summed E-state index contributed by atoms with van der Waals surface area (Å²) in [6, 6.07) is 14.8. The number of hydrogen-bond donors (Lipinski definition) is 1. The summed E-state index contributed by atoms with van der Waals surface area (Å²) >= 11 is 5.47. The molecule has 0 radical (unpaired) electrons. The van der Waals surface area contributed by atoms with E-state index in [1.807, 2.05) is 19.2 Å². The molecule has 3 aromatic rings. The number of fused-ring (bicyclic) bond motifs is 1. The first-order valence-electron chi connectivity index (χ1n) is 6.48. The third kappa shape index (κ3) is 2.51. The lowest BCUT2D eigenvalue weighted by atomic mass is 10.1. The molecule has 0 aliphatic heterocycles. The molecule has 0 bridgehead atoms. The standard InChI is InChI=1S/C16H15BrN2S/c1-10-7-8-14(20-10)16(18-2)15-12(17)9-11-5-3-4-6-13(11)19-15/h3-9,16,18H,1-2H3. The maximum atomic E-state index is 4.83. The summed E-state index contributed by atoms with van der Waals surface area (Å²) in [6.07, 6.45) is 0. The Morgan fingerprint density at radius 3 is 2.70 bits per heavy atom. The molecule has 20 heavy (non-hydrogen) atoms. The number of pyridine rings is 1. The van der Waals surface area contributed by atoms with Crippen molar-refractivity contribution in [3.05, 3.63) is 62.4 Å². The fraction of sp³-hybridized carbons (Fsp3) is 0.188. The average molecular weight is 347 g/mol. The molecule has 0 aliphatic rings. The summed E-state index contributed by atoms with van der Waals surface area (Å²) in [7, 11) is 1.98. The first-order chi connectivity index (χ1) is 9.69.